The first-order valence-electron chi connectivity index (χ1n) is 7.59. The summed E-state index contributed by atoms with van der Waals surface area (Å²) >= 11 is 0. The number of nitrogens with two attached hydrogens (primary N) is 1. The Hall–Kier alpha value is -1.46. The molecule has 4 nitrogen and oxygen atoms in total. The Morgan fingerprint density at radius 1 is 1.38 bits per heavy atom. The Morgan fingerprint density at radius 3 is 2.81 bits per heavy atom. The lowest BCUT2D eigenvalue weighted by Gasteiger charge is -2.15. The van der Waals surface area contributed by atoms with Gasteiger partial charge in [-0.05, 0) is 45.6 Å². The smallest absolute Gasteiger partial charge is 0.126 e. The maximum Gasteiger partial charge on any atom is 0.126 e. The number of nitrogens with zero attached hydrogens (tertiary/aromatic N) is 3. The van der Waals surface area contributed by atoms with Crippen LogP contribution in [0.25, 0.3) is 11.0 Å². The molecule has 0 aliphatic rings. The molecule has 0 bridgehead atoms. The van der Waals surface area contributed by atoms with E-state index in [4.69, 9.17) is 5.73 Å². The first-order valence-corrected chi connectivity index (χ1v) is 7.59. The van der Waals surface area contributed by atoms with Crippen LogP contribution in [0.4, 0.5) is 4.39 Å². The van der Waals surface area contributed by atoms with Crippen molar-refractivity contribution >= 4 is 11.0 Å². The molecule has 2 rings (SSSR count). The summed E-state index contributed by atoms with van der Waals surface area (Å²) < 4.78 is 15.5. The third-order valence-electron chi connectivity index (χ3n) is 3.66. The molecular weight excluding hydrogens is 267 g/mol. The average Bonchev–Trinajstić information content (AvgIpc) is 2.77. The van der Waals surface area contributed by atoms with Crippen LogP contribution in [0.2, 0.25) is 0 Å². The van der Waals surface area contributed by atoms with Crippen molar-refractivity contribution in [1.82, 2.24) is 14.5 Å². The largest absolute Gasteiger partial charge is 0.327 e. The van der Waals surface area contributed by atoms with Crippen LogP contribution in [0.1, 0.15) is 38.1 Å². The van der Waals surface area contributed by atoms with Crippen molar-refractivity contribution in [3.8, 4) is 0 Å². The predicted octanol–water partition coefficient (Wildman–Crippen LogP) is 2.93. The van der Waals surface area contributed by atoms with Gasteiger partial charge in [-0.15, -0.1) is 0 Å². The first-order chi connectivity index (χ1) is 10.0. The number of rotatable bonds is 7. The lowest BCUT2D eigenvalue weighted by molar-refractivity contribution is 0.384. The normalized spacial score (nSPS) is 13.2. The van der Waals surface area contributed by atoms with Crippen molar-refractivity contribution in [2.75, 3.05) is 20.6 Å². The van der Waals surface area contributed by atoms with E-state index >= 15 is 0 Å². The molecular formula is C16H25FN4. The molecule has 0 fully saturated rings. The van der Waals surface area contributed by atoms with Crippen molar-refractivity contribution in [2.24, 2.45) is 5.73 Å². The van der Waals surface area contributed by atoms with Gasteiger partial charge >= 0.3 is 0 Å². The summed E-state index contributed by atoms with van der Waals surface area (Å²) in [6.45, 7) is 3.97. The Morgan fingerprint density at radius 2 is 2.14 bits per heavy atom. The van der Waals surface area contributed by atoms with E-state index in [-0.39, 0.29) is 11.9 Å². The Kier molecular flexibility index (Phi) is 5.31. The minimum absolute atomic E-state index is 0.0928. The fourth-order valence-electron chi connectivity index (χ4n) is 2.62. The van der Waals surface area contributed by atoms with E-state index in [0.717, 1.165) is 43.7 Å². The van der Waals surface area contributed by atoms with Crippen molar-refractivity contribution in [1.29, 1.82) is 0 Å². The SMILES string of the molecule is CCCC(N)c1nc2cc(F)ccc2n1CCCN(C)C. The van der Waals surface area contributed by atoms with E-state index in [1.807, 2.05) is 0 Å². The molecule has 2 N–H and O–H groups in total. The molecule has 0 radical (unpaired) electrons. The number of fused-ring (bicyclic) bond motifs is 1. The van der Waals surface area contributed by atoms with Gasteiger partial charge in [-0.1, -0.05) is 13.3 Å². The highest BCUT2D eigenvalue weighted by atomic mass is 19.1. The van der Waals surface area contributed by atoms with Gasteiger partial charge in [0, 0.05) is 12.6 Å². The molecule has 21 heavy (non-hydrogen) atoms. The molecule has 1 aromatic heterocycles. The molecule has 1 aromatic carbocycles. The Balaban J connectivity index is 2.34. The fourth-order valence-corrected chi connectivity index (χ4v) is 2.62. The second-order valence-electron chi connectivity index (χ2n) is 5.81. The molecule has 2 aromatic rings. The summed E-state index contributed by atoms with van der Waals surface area (Å²) in [5.41, 5.74) is 7.92. The second kappa shape index (κ2) is 7.00. The van der Waals surface area contributed by atoms with Gasteiger partial charge < -0.3 is 15.2 Å². The van der Waals surface area contributed by atoms with Crippen LogP contribution in [-0.4, -0.2) is 35.1 Å². The maximum absolute atomic E-state index is 13.4. The van der Waals surface area contributed by atoms with Crippen molar-refractivity contribution in [3.05, 3.63) is 29.8 Å². The van der Waals surface area contributed by atoms with Gasteiger partial charge in [-0.25, -0.2) is 9.37 Å². The third kappa shape index (κ3) is 3.80. The quantitative estimate of drug-likeness (QED) is 0.853. The number of benzene rings is 1. The summed E-state index contributed by atoms with van der Waals surface area (Å²) in [6.07, 6.45) is 2.91. The molecule has 5 heteroatoms. The van der Waals surface area contributed by atoms with Crippen LogP contribution in [-0.2, 0) is 6.54 Å². The zero-order chi connectivity index (χ0) is 15.4. The van der Waals surface area contributed by atoms with Crippen molar-refractivity contribution < 1.29 is 4.39 Å². The van der Waals surface area contributed by atoms with Crippen LogP contribution in [0.3, 0.4) is 0 Å². The van der Waals surface area contributed by atoms with Crippen LogP contribution < -0.4 is 5.73 Å². The van der Waals surface area contributed by atoms with Crippen LogP contribution in [0, 0.1) is 5.82 Å². The van der Waals surface area contributed by atoms with Crippen molar-refractivity contribution in [3.63, 3.8) is 0 Å². The fraction of sp³-hybridized carbons (Fsp3) is 0.562. The number of hydrogen-bond donors (Lipinski definition) is 1. The Bertz CT molecular complexity index is 591. The van der Waals surface area contributed by atoms with Gasteiger partial charge in [0.15, 0.2) is 0 Å². The molecule has 1 atom stereocenters. The second-order valence-corrected chi connectivity index (χ2v) is 5.81. The van der Waals surface area contributed by atoms with Crippen LogP contribution >= 0.6 is 0 Å². The van der Waals surface area contributed by atoms with Crippen LogP contribution in [0.15, 0.2) is 18.2 Å². The Labute approximate surface area is 125 Å². The number of halogens is 1. The highest BCUT2D eigenvalue weighted by Gasteiger charge is 2.16. The van der Waals surface area contributed by atoms with E-state index in [1.165, 1.54) is 12.1 Å². The number of aromatic nitrogens is 2. The van der Waals surface area contributed by atoms with Gasteiger partial charge in [0.05, 0.1) is 17.1 Å². The molecule has 1 heterocycles. The molecule has 0 aliphatic carbocycles. The zero-order valence-electron chi connectivity index (χ0n) is 13.1. The van der Waals surface area contributed by atoms with Gasteiger partial charge in [0.25, 0.3) is 0 Å². The van der Waals surface area contributed by atoms with Gasteiger partial charge in [0.1, 0.15) is 11.6 Å². The molecule has 0 saturated carbocycles. The van der Waals surface area contributed by atoms with Gasteiger partial charge in [-0.2, -0.15) is 0 Å². The molecule has 0 saturated heterocycles. The number of imidazole rings is 1. The monoisotopic (exact) mass is 292 g/mol. The average molecular weight is 292 g/mol. The predicted molar refractivity (Wildman–Crippen MR) is 84.7 cm³/mol. The molecule has 0 aliphatic heterocycles. The first kappa shape index (κ1) is 15.9. The van der Waals surface area contributed by atoms with Crippen molar-refractivity contribution in [2.45, 2.75) is 38.8 Å². The minimum atomic E-state index is -0.254. The van der Waals surface area contributed by atoms with Crippen LogP contribution in [0.5, 0.6) is 0 Å². The standard InChI is InChI=1S/C16H25FN4/c1-4-6-13(18)16-19-14-11-12(17)7-8-15(14)21(16)10-5-9-20(2)3/h7-8,11,13H,4-6,9-10,18H2,1-3H3. The maximum atomic E-state index is 13.4. The summed E-state index contributed by atoms with van der Waals surface area (Å²) in [6, 6.07) is 4.68. The lowest BCUT2D eigenvalue weighted by atomic mass is 10.1. The van der Waals surface area contributed by atoms with E-state index in [2.05, 4.69) is 35.5 Å². The molecule has 0 spiro atoms. The van der Waals surface area contributed by atoms with Gasteiger partial charge in [0.2, 0.25) is 0 Å². The van der Waals surface area contributed by atoms with E-state index in [0.29, 0.717) is 5.52 Å². The van der Waals surface area contributed by atoms with E-state index in [1.54, 1.807) is 6.07 Å². The lowest BCUT2D eigenvalue weighted by Crippen LogP contribution is -2.19. The molecule has 0 amide bonds. The van der Waals surface area contributed by atoms with E-state index < -0.39 is 0 Å². The summed E-state index contributed by atoms with van der Waals surface area (Å²) in [4.78, 5) is 6.73. The zero-order valence-corrected chi connectivity index (χ0v) is 13.1. The third-order valence-corrected chi connectivity index (χ3v) is 3.66. The number of aryl methyl sites for hydroxylation is 1. The van der Waals surface area contributed by atoms with E-state index in [9.17, 15) is 4.39 Å². The highest BCUT2D eigenvalue weighted by molar-refractivity contribution is 5.76. The number of hydrogen-bond acceptors (Lipinski definition) is 3. The topological polar surface area (TPSA) is 47.1 Å². The summed E-state index contributed by atoms with van der Waals surface area (Å²) in [7, 11) is 4.12. The summed E-state index contributed by atoms with van der Waals surface area (Å²) in [5.74, 6) is 0.618. The molecule has 1 unspecified atom stereocenters. The van der Waals surface area contributed by atoms with Gasteiger partial charge in [-0.3, -0.25) is 0 Å². The minimum Gasteiger partial charge on any atom is -0.327 e. The highest BCUT2D eigenvalue weighted by Crippen LogP contribution is 2.23. The summed E-state index contributed by atoms with van der Waals surface area (Å²) in [5, 5.41) is 0. The molecule has 116 valence electrons.